The first-order chi connectivity index (χ1) is 14.7. The van der Waals surface area contributed by atoms with Gasteiger partial charge in [0.05, 0.1) is 0 Å². The second-order valence-corrected chi connectivity index (χ2v) is 9.34. The minimum absolute atomic E-state index is 0.348. The number of nitrogens with zero attached hydrogens (tertiary/aromatic N) is 2. The summed E-state index contributed by atoms with van der Waals surface area (Å²) in [5.74, 6) is -0.348. The van der Waals surface area contributed by atoms with Crippen molar-refractivity contribution >= 4 is 28.4 Å². The van der Waals surface area contributed by atoms with Gasteiger partial charge in [0.15, 0.2) is 0 Å². The first kappa shape index (κ1) is 22.4. The average molecular weight is 438 g/mol. The van der Waals surface area contributed by atoms with Crippen LogP contribution in [0, 0.1) is 6.92 Å². The molecule has 0 aliphatic rings. The molecular weight excluding hydrogens is 410 g/mol. The van der Waals surface area contributed by atoms with Crippen molar-refractivity contribution in [1.29, 1.82) is 0 Å². The van der Waals surface area contributed by atoms with E-state index in [0.29, 0.717) is 16.6 Å². The fraction of sp³-hybridized carbons (Fsp3) is 0.304. The van der Waals surface area contributed by atoms with Crippen LogP contribution < -0.4 is 16.0 Å². The molecule has 3 N–H and O–H groups in total. The standard InChI is InChI=1S/C23H27N5O2S/c1-15-10-12-17(13-11-15)20-27-28-22(31-20)25-19(29)18(14-16-8-6-5-7-9-16)24-21(30)26-23(2,3)4/h5-13,18H,14H2,1-4H3,(H2,24,26,30)(H,25,28,29). The number of hydrogen-bond donors (Lipinski definition) is 3. The SMILES string of the molecule is Cc1ccc(-c2nnc(NC(=O)C(Cc3ccccc3)NC(=O)NC(C)(C)C)s2)cc1. The van der Waals surface area contributed by atoms with Crippen molar-refractivity contribution in [2.24, 2.45) is 0 Å². The van der Waals surface area contributed by atoms with Gasteiger partial charge < -0.3 is 10.6 Å². The molecule has 3 aromatic rings. The molecule has 31 heavy (non-hydrogen) atoms. The monoisotopic (exact) mass is 437 g/mol. The van der Waals surface area contributed by atoms with Crippen molar-refractivity contribution in [2.75, 3.05) is 5.32 Å². The minimum atomic E-state index is -0.767. The maximum atomic E-state index is 13.0. The van der Waals surface area contributed by atoms with Crippen molar-refractivity contribution in [3.63, 3.8) is 0 Å². The number of benzene rings is 2. The molecule has 0 aliphatic carbocycles. The Morgan fingerprint density at radius 3 is 2.32 bits per heavy atom. The number of anilines is 1. The molecule has 3 rings (SSSR count). The number of rotatable bonds is 6. The summed E-state index contributed by atoms with van der Waals surface area (Å²) in [6.07, 6.45) is 0.355. The van der Waals surface area contributed by atoms with Crippen LogP contribution in [0.15, 0.2) is 54.6 Å². The summed E-state index contributed by atoms with van der Waals surface area (Å²) in [4.78, 5) is 25.4. The summed E-state index contributed by atoms with van der Waals surface area (Å²) in [6, 6.07) is 16.3. The molecule has 3 amide bonds. The van der Waals surface area contributed by atoms with E-state index in [4.69, 9.17) is 0 Å². The van der Waals surface area contributed by atoms with E-state index in [-0.39, 0.29) is 5.91 Å². The zero-order valence-corrected chi connectivity index (χ0v) is 18.9. The molecule has 1 unspecified atom stereocenters. The third-order valence-corrected chi connectivity index (χ3v) is 5.23. The molecule has 7 nitrogen and oxygen atoms in total. The van der Waals surface area contributed by atoms with E-state index in [1.54, 1.807) is 0 Å². The van der Waals surface area contributed by atoms with Gasteiger partial charge in [0, 0.05) is 17.5 Å². The normalized spacial score (nSPS) is 12.1. The van der Waals surface area contributed by atoms with Crippen LogP contribution in [0.5, 0.6) is 0 Å². The number of aryl methyl sites for hydroxylation is 1. The van der Waals surface area contributed by atoms with Gasteiger partial charge in [-0.1, -0.05) is 71.5 Å². The van der Waals surface area contributed by atoms with Crippen LogP contribution >= 0.6 is 11.3 Å². The lowest BCUT2D eigenvalue weighted by atomic mass is 10.1. The number of aromatic nitrogens is 2. The smallest absolute Gasteiger partial charge is 0.315 e. The van der Waals surface area contributed by atoms with Gasteiger partial charge in [-0.05, 0) is 33.3 Å². The first-order valence-electron chi connectivity index (χ1n) is 10.0. The lowest BCUT2D eigenvalue weighted by molar-refractivity contribution is -0.117. The van der Waals surface area contributed by atoms with Gasteiger partial charge in [-0.3, -0.25) is 10.1 Å². The van der Waals surface area contributed by atoms with Crippen molar-refractivity contribution < 1.29 is 9.59 Å². The highest BCUT2D eigenvalue weighted by Gasteiger charge is 2.24. The predicted octanol–water partition coefficient (Wildman–Crippen LogP) is 4.16. The Labute approximate surface area is 186 Å². The van der Waals surface area contributed by atoms with Crippen LogP contribution in [-0.4, -0.2) is 33.7 Å². The Morgan fingerprint density at radius 1 is 1.00 bits per heavy atom. The lowest BCUT2D eigenvalue weighted by Crippen LogP contribution is -2.53. The summed E-state index contributed by atoms with van der Waals surface area (Å²) < 4.78 is 0. The van der Waals surface area contributed by atoms with Crippen LogP contribution in [0.25, 0.3) is 10.6 Å². The van der Waals surface area contributed by atoms with E-state index in [1.807, 2.05) is 82.3 Å². The van der Waals surface area contributed by atoms with Gasteiger partial charge >= 0.3 is 6.03 Å². The highest BCUT2D eigenvalue weighted by atomic mass is 32.1. The van der Waals surface area contributed by atoms with E-state index in [9.17, 15) is 9.59 Å². The van der Waals surface area contributed by atoms with Gasteiger partial charge in [-0.25, -0.2) is 4.79 Å². The maximum Gasteiger partial charge on any atom is 0.315 e. The molecule has 162 valence electrons. The van der Waals surface area contributed by atoms with Crippen LogP contribution in [0.2, 0.25) is 0 Å². The molecule has 0 radical (unpaired) electrons. The van der Waals surface area contributed by atoms with Crippen molar-refractivity contribution in [3.8, 4) is 10.6 Å². The summed E-state index contributed by atoms with van der Waals surface area (Å²) in [5.41, 5.74) is 2.62. The Balaban J connectivity index is 1.73. The summed E-state index contributed by atoms with van der Waals surface area (Å²) in [7, 11) is 0. The Bertz CT molecular complexity index is 1030. The highest BCUT2D eigenvalue weighted by Crippen LogP contribution is 2.26. The number of amides is 3. The maximum absolute atomic E-state index is 13.0. The number of hydrogen-bond acceptors (Lipinski definition) is 5. The number of carbonyl (C=O) groups excluding carboxylic acids is 2. The molecule has 0 fully saturated rings. The van der Waals surface area contributed by atoms with Crippen LogP contribution in [0.4, 0.5) is 9.93 Å². The van der Waals surface area contributed by atoms with Crippen molar-refractivity contribution in [1.82, 2.24) is 20.8 Å². The average Bonchev–Trinajstić information content (AvgIpc) is 3.16. The van der Waals surface area contributed by atoms with E-state index in [2.05, 4.69) is 26.1 Å². The van der Waals surface area contributed by atoms with E-state index in [1.165, 1.54) is 11.3 Å². The molecule has 0 bridgehead atoms. The van der Waals surface area contributed by atoms with E-state index >= 15 is 0 Å². The van der Waals surface area contributed by atoms with E-state index in [0.717, 1.165) is 16.7 Å². The molecule has 8 heteroatoms. The molecular formula is C23H27N5O2S. The largest absolute Gasteiger partial charge is 0.334 e. The minimum Gasteiger partial charge on any atom is -0.334 e. The second-order valence-electron chi connectivity index (χ2n) is 8.36. The number of carbonyl (C=O) groups is 2. The molecule has 0 aliphatic heterocycles. The molecule has 1 atom stereocenters. The van der Waals surface area contributed by atoms with Crippen LogP contribution in [0.3, 0.4) is 0 Å². The molecule has 0 saturated carbocycles. The fourth-order valence-corrected chi connectivity index (χ4v) is 3.63. The van der Waals surface area contributed by atoms with Crippen LogP contribution in [0.1, 0.15) is 31.9 Å². The van der Waals surface area contributed by atoms with Gasteiger partial charge in [0.2, 0.25) is 11.0 Å². The topological polar surface area (TPSA) is 96.0 Å². The molecule has 0 spiro atoms. The number of urea groups is 1. The fourth-order valence-electron chi connectivity index (χ4n) is 2.87. The third kappa shape index (κ3) is 6.89. The Kier molecular flexibility index (Phi) is 7.02. The van der Waals surface area contributed by atoms with Crippen molar-refractivity contribution in [3.05, 3.63) is 65.7 Å². The number of nitrogens with one attached hydrogen (secondary N) is 3. The zero-order valence-electron chi connectivity index (χ0n) is 18.1. The first-order valence-corrected chi connectivity index (χ1v) is 10.9. The summed E-state index contributed by atoms with van der Waals surface area (Å²) in [5, 5.41) is 17.8. The quantitative estimate of drug-likeness (QED) is 0.539. The van der Waals surface area contributed by atoms with Gasteiger partial charge in [-0.15, -0.1) is 10.2 Å². The van der Waals surface area contributed by atoms with Gasteiger partial charge in [0.25, 0.3) is 0 Å². The molecule has 0 saturated heterocycles. The lowest BCUT2D eigenvalue weighted by Gasteiger charge is -2.24. The second kappa shape index (κ2) is 9.70. The van der Waals surface area contributed by atoms with Gasteiger partial charge in [-0.2, -0.15) is 0 Å². The summed E-state index contributed by atoms with van der Waals surface area (Å²) >= 11 is 1.29. The molecule has 2 aromatic carbocycles. The molecule has 1 aromatic heterocycles. The zero-order chi connectivity index (χ0) is 22.4. The van der Waals surface area contributed by atoms with Gasteiger partial charge in [0.1, 0.15) is 11.0 Å². The highest BCUT2D eigenvalue weighted by molar-refractivity contribution is 7.18. The van der Waals surface area contributed by atoms with E-state index < -0.39 is 17.6 Å². The predicted molar refractivity (Wildman–Crippen MR) is 124 cm³/mol. The van der Waals surface area contributed by atoms with Crippen LogP contribution in [-0.2, 0) is 11.2 Å². The Hall–Kier alpha value is -3.26. The summed E-state index contributed by atoms with van der Waals surface area (Å²) in [6.45, 7) is 7.66. The molecule has 1 heterocycles. The third-order valence-electron chi connectivity index (χ3n) is 4.35. The Morgan fingerprint density at radius 2 is 1.68 bits per heavy atom. The van der Waals surface area contributed by atoms with Crippen molar-refractivity contribution in [2.45, 2.75) is 45.7 Å².